The molecule has 0 saturated carbocycles. The van der Waals surface area contributed by atoms with Crippen LogP contribution >= 0.6 is 0 Å². The summed E-state index contributed by atoms with van der Waals surface area (Å²) in [6, 6.07) is 66.3. The van der Waals surface area contributed by atoms with Crippen molar-refractivity contribution in [1.29, 1.82) is 0 Å². The number of nitrogens with zero attached hydrogens (tertiary/aromatic N) is 8. The van der Waals surface area contributed by atoms with Gasteiger partial charge in [-0.1, -0.05) is 97.1 Å². The van der Waals surface area contributed by atoms with Crippen LogP contribution in [0.4, 0.5) is 0 Å². The summed E-state index contributed by atoms with van der Waals surface area (Å²) in [6.07, 6.45) is 14.9. The van der Waals surface area contributed by atoms with Gasteiger partial charge in [0.2, 0.25) is 0 Å². The van der Waals surface area contributed by atoms with E-state index in [0.29, 0.717) is 0 Å². The molecule has 4 aromatic carbocycles. The monoisotopic (exact) mass is 920 g/mol. The molecule has 8 aromatic heterocycles. The molecule has 1 aliphatic rings. The highest BCUT2D eigenvalue weighted by molar-refractivity contribution is 6.22. The van der Waals surface area contributed by atoms with E-state index < -0.39 is 0 Å². The predicted octanol–water partition coefficient (Wildman–Crippen LogP) is 15.2. The van der Waals surface area contributed by atoms with E-state index >= 15 is 0 Å². The molecule has 72 heavy (non-hydrogen) atoms. The third kappa shape index (κ3) is 7.08. The van der Waals surface area contributed by atoms with Crippen molar-refractivity contribution < 1.29 is 0 Å². The fraction of sp³-hybridized carbons (Fsp3) is 0. The van der Waals surface area contributed by atoms with Crippen molar-refractivity contribution in [3.63, 3.8) is 0 Å². The van der Waals surface area contributed by atoms with Crippen LogP contribution in [-0.4, -0.2) is 39.9 Å². The molecule has 13 rings (SSSR count). The molecule has 0 unspecified atom stereocenters. The summed E-state index contributed by atoms with van der Waals surface area (Å²) in [4.78, 5) is 41.6. The van der Waals surface area contributed by atoms with Crippen molar-refractivity contribution in [3.05, 3.63) is 244 Å². The van der Waals surface area contributed by atoms with Crippen LogP contribution in [0.5, 0.6) is 0 Å². The molecule has 0 bridgehead atoms. The minimum atomic E-state index is 0.774. The lowest BCUT2D eigenvalue weighted by Gasteiger charge is -2.33. The van der Waals surface area contributed by atoms with Crippen molar-refractivity contribution in [2.75, 3.05) is 0 Å². The molecule has 0 amide bonds. The van der Waals surface area contributed by atoms with Crippen LogP contribution < -0.4 is 0 Å². The summed E-state index contributed by atoms with van der Waals surface area (Å²) in [5.74, 6) is 0. The average molecular weight is 921 g/mol. The number of hydrogen-bond donors (Lipinski definition) is 0. The van der Waals surface area contributed by atoms with Crippen molar-refractivity contribution in [3.8, 4) is 135 Å². The molecule has 0 saturated heterocycles. The zero-order chi connectivity index (χ0) is 47.8. The summed E-state index contributed by atoms with van der Waals surface area (Å²) >= 11 is 0. The zero-order valence-corrected chi connectivity index (χ0v) is 38.7. The first-order valence-electron chi connectivity index (χ1n) is 23.8. The SMILES string of the molecule is c1ccc(-c2c(-c3ccccn3)c(-c3ccccn3)c3c(c2-c2ccccn2)-c2ccccc2-c2c(-c4ccccn4)c(-c4ccccn4)c(-c4ccccn4)c(-c4ccccn4)c2-c2ccccc2-3)nc1. The smallest absolute Gasteiger partial charge is 0.0716 e. The second kappa shape index (κ2) is 18.2. The Kier molecular flexibility index (Phi) is 10.7. The van der Waals surface area contributed by atoms with Gasteiger partial charge in [-0.05, 0) is 119 Å². The van der Waals surface area contributed by atoms with Crippen LogP contribution in [0, 0.1) is 0 Å². The molecule has 0 fully saturated rings. The second-order valence-electron chi connectivity index (χ2n) is 17.3. The molecule has 1 aliphatic carbocycles. The van der Waals surface area contributed by atoms with E-state index in [2.05, 4.69) is 121 Å². The van der Waals surface area contributed by atoms with Crippen molar-refractivity contribution in [1.82, 2.24) is 39.9 Å². The Balaban J connectivity index is 1.36. The van der Waals surface area contributed by atoms with Crippen molar-refractivity contribution >= 4 is 0 Å². The summed E-state index contributed by atoms with van der Waals surface area (Å²) in [5, 5.41) is 0. The number of rotatable bonds is 8. The van der Waals surface area contributed by atoms with Crippen LogP contribution in [0.3, 0.4) is 0 Å². The Morgan fingerprint density at radius 3 is 0.417 bits per heavy atom. The highest BCUT2D eigenvalue weighted by Crippen LogP contribution is 2.63. The van der Waals surface area contributed by atoms with E-state index in [-0.39, 0.29) is 0 Å². The molecule has 0 atom stereocenters. The Morgan fingerprint density at radius 2 is 0.278 bits per heavy atom. The summed E-state index contributed by atoms with van der Waals surface area (Å²) in [6.45, 7) is 0. The molecule has 336 valence electrons. The first-order valence-corrected chi connectivity index (χ1v) is 23.8. The first kappa shape index (κ1) is 42.2. The van der Waals surface area contributed by atoms with Gasteiger partial charge in [0.25, 0.3) is 0 Å². The molecule has 0 N–H and O–H groups in total. The standard InChI is InChI=1S/C64H40N8/c1-2-22-42-41(21-1)53-55(59(47-27-7-15-35-67-47)63(51-31-11-19-39-71-51)61(49-29-9-17-37-69-49)57(53)45-25-5-13-33-65-45)43-23-3-4-24-44(43)56-54(42)58(46-26-6-14-34-66-46)62(50-30-10-18-38-70-50)64(52-32-12-20-40-72-52)60(56)48-28-8-16-36-68-48/h1-40H. The number of pyridine rings is 8. The lowest BCUT2D eigenvalue weighted by atomic mass is 9.69. The fourth-order valence-electron chi connectivity index (χ4n) is 10.5. The van der Waals surface area contributed by atoms with Gasteiger partial charge in [0.15, 0.2) is 0 Å². The van der Waals surface area contributed by atoms with Gasteiger partial charge in [-0.3, -0.25) is 39.9 Å². The lowest BCUT2D eigenvalue weighted by Crippen LogP contribution is -2.09. The van der Waals surface area contributed by atoms with Crippen LogP contribution in [0.1, 0.15) is 0 Å². The average Bonchev–Trinajstić information content (AvgIpc) is 3.47. The van der Waals surface area contributed by atoms with E-state index in [1.807, 2.05) is 122 Å². The van der Waals surface area contributed by atoms with E-state index in [1.54, 1.807) is 0 Å². The van der Waals surface area contributed by atoms with E-state index in [1.165, 1.54) is 0 Å². The topological polar surface area (TPSA) is 103 Å². The molecular weight excluding hydrogens is 881 g/mol. The third-order valence-corrected chi connectivity index (χ3v) is 13.3. The van der Waals surface area contributed by atoms with Crippen molar-refractivity contribution in [2.45, 2.75) is 0 Å². The van der Waals surface area contributed by atoms with Crippen LogP contribution in [0.2, 0.25) is 0 Å². The highest BCUT2D eigenvalue weighted by Gasteiger charge is 2.38. The largest absolute Gasteiger partial charge is 0.256 e. The maximum atomic E-state index is 5.23. The maximum absolute atomic E-state index is 5.23. The third-order valence-electron chi connectivity index (χ3n) is 13.3. The van der Waals surface area contributed by atoms with Crippen LogP contribution in [-0.2, 0) is 0 Å². The molecule has 0 radical (unpaired) electrons. The van der Waals surface area contributed by atoms with E-state index in [4.69, 9.17) is 39.9 Å². The van der Waals surface area contributed by atoms with Gasteiger partial charge in [0, 0.05) is 116 Å². The number of hydrogen-bond acceptors (Lipinski definition) is 8. The van der Waals surface area contributed by atoms with E-state index in [9.17, 15) is 0 Å². The quantitative estimate of drug-likeness (QED) is 0.148. The molecule has 8 heterocycles. The summed E-state index contributed by atoms with van der Waals surface area (Å²) < 4.78 is 0. The fourth-order valence-corrected chi connectivity index (χ4v) is 10.5. The lowest BCUT2D eigenvalue weighted by molar-refractivity contribution is 1.27. The van der Waals surface area contributed by atoms with Crippen LogP contribution in [0.15, 0.2) is 244 Å². The van der Waals surface area contributed by atoms with Gasteiger partial charge in [-0.25, -0.2) is 0 Å². The predicted molar refractivity (Wildman–Crippen MR) is 288 cm³/mol. The van der Waals surface area contributed by atoms with Crippen LogP contribution in [0.25, 0.3) is 135 Å². The van der Waals surface area contributed by atoms with E-state index in [0.717, 1.165) is 135 Å². The Labute approximate surface area is 416 Å². The minimum Gasteiger partial charge on any atom is -0.256 e. The van der Waals surface area contributed by atoms with Crippen molar-refractivity contribution in [2.24, 2.45) is 0 Å². The Hall–Kier alpha value is -9.92. The number of fused-ring (bicyclic) bond motifs is 8. The highest BCUT2D eigenvalue weighted by atomic mass is 14.8. The zero-order valence-electron chi connectivity index (χ0n) is 38.7. The first-order chi connectivity index (χ1) is 35.8. The maximum Gasteiger partial charge on any atom is 0.0716 e. The van der Waals surface area contributed by atoms with Gasteiger partial charge in [0.05, 0.1) is 45.6 Å². The Morgan fingerprint density at radius 1 is 0.139 bits per heavy atom. The number of aromatic nitrogens is 8. The molecule has 8 nitrogen and oxygen atoms in total. The normalized spacial score (nSPS) is 11.3. The molecular formula is C64H40N8. The Bertz CT molecular complexity index is 3400. The number of benzene rings is 4. The van der Waals surface area contributed by atoms with Gasteiger partial charge in [0.1, 0.15) is 0 Å². The molecule has 12 aromatic rings. The van der Waals surface area contributed by atoms with Gasteiger partial charge in [-0.2, -0.15) is 0 Å². The van der Waals surface area contributed by atoms with Gasteiger partial charge < -0.3 is 0 Å². The molecule has 0 spiro atoms. The van der Waals surface area contributed by atoms with Gasteiger partial charge in [-0.15, -0.1) is 0 Å². The molecule has 8 heteroatoms. The summed E-state index contributed by atoms with van der Waals surface area (Å²) in [7, 11) is 0. The molecule has 0 aliphatic heterocycles. The second-order valence-corrected chi connectivity index (χ2v) is 17.3. The van der Waals surface area contributed by atoms with Gasteiger partial charge >= 0.3 is 0 Å². The minimum absolute atomic E-state index is 0.774. The summed E-state index contributed by atoms with van der Waals surface area (Å²) in [5.41, 5.74) is 21.2.